The van der Waals surface area contributed by atoms with Gasteiger partial charge in [-0.05, 0) is 50.8 Å². The van der Waals surface area contributed by atoms with E-state index in [0.717, 1.165) is 24.0 Å². The van der Waals surface area contributed by atoms with Crippen molar-refractivity contribution in [3.8, 4) is 0 Å². The first-order valence-corrected chi connectivity index (χ1v) is 8.07. The van der Waals surface area contributed by atoms with Crippen LogP contribution in [0.2, 0.25) is 5.02 Å². The molecule has 2 atom stereocenters. The van der Waals surface area contributed by atoms with Gasteiger partial charge in [0.1, 0.15) is 0 Å². The third-order valence-electron chi connectivity index (χ3n) is 4.28. The summed E-state index contributed by atoms with van der Waals surface area (Å²) in [6, 6.07) is 3.66. The Balaban J connectivity index is 2.44. The Kier molecular flexibility index (Phi) is 4.69. The highest BCUT2D eigenvalue weighted by Crippen LogP contribution is 2.36. The maximum Gasteiger partial charge on any atom is 0.208 e. The minimum absolute atomic E-state index is 0.146. The molecule has 1 aliphatic heterocycles. The van der Waals surface area contributed by atoms with Crippen LogP contribution in [0, 0.1) is 0 Å². The summed E-state index contributed by atoms with van der Waals surface area (Å²) in [6.45, 7) is 10.7. The largest absolute Gasteiger partial charge is 0.361 e. The topological polar surface area (TPSA) is 41.5 Å². The van der Waals surface area contributed by atoms with E-state index >= 15 is 0 Å². The molecule has 1 aromatic carbocycles. The highest BCUT2D eigenvalue weighted by molar-refractivity contribution is 6.31. The molecule has 0 amide bonds. The summed E-state index contributed by atoms with van der Waals surface area (Å²) in [6.07, 6.45) is 1.78. The van der Waals surface area contributed by atoms with E-state index in [0.29, 0.717) is 11.6 Å². The lowest BCUT2D eigenvalue weighted by molar-refractivity contribution is -0.263. The van der Waals surface area contributed by atoms with Crippen LogP contribution in [0.3, 0.4) is 0 Å². The van der Waals surface area contributed by atoms with E-state index in [1.54, 1.807) is 0 Å². The van der Waals surface area contributed by atoms with Crippen molar-refractivity contribution < 1.29 is 9.84 Å². The summed E-state index contributed by atoms with van der Waals surface area (Å²) in [7, 11) is 0. The number of hydrogen-bond acceptors (Lipinski definition) is 3. The monoisotopic (exact) mass is 311 g/mol. The molecule has 0 bridgehead atoms. The average molecular weight is 312 g/mol. The lowest BCUT2D eigenvalue weighted by atomic mass is 9.89. The van der Waals surface area contributed by atoms with Crippen LogP contribution >= 0.6 is 11.6 Å². The standard InChI is InChI=1S/C17H26ClNO2/c1-6-12-8-13(9-15(18)14(12)7-2)17(20)11(3)19-16(4,5)10-21-17/h8-9,11,19-20H,6-7,10H2,1-5H3. The molecule has 0 radical (unpaired) electrons. The highest BCUT2D eigenvalue weighted by Gasteiger charge is 2.45. The number of aliphatic hydroxyl groups is 1. The van der Waals surface area contributed by atoms with E-state index in [1.165, 1.54) is 5.56 Å². The molecule has 0 saturated carbocycles. The molecule has 2 N–H and O–H groups in total. The van der Waals surface area contributed by atoms with Crippen LogP contribution in [0.5, 0.6) is 0 Å². The second kappa shape index (κ2) is 5.88. The molecule has 1 aromatic rings. The zero-order valence-corrected chi connectivity index (χ0v) is 14.3. The van der Waals surface area contributed by atoms with Gasteiger partial charge in [0.2, 0.25) is 5.79 Å². The molecule has 2 rings (SSSR count). The van der Waals surface area contributed by atoms with Crippen molar-refractivity contribution in [3.63, 3.8) is 0 Å². The number of hydrogen-bond donors (Lipinski definition) is 2. The van der Waals surface area contributed by atoms with Crippen LogP contribution in [0.15, 0.2) is 12.1 Å². The first-order chi connectivity index (χ1) is 9.73. The van der Waals surface area contributed by atoms with E-state index in [2.05, 4.69) is 33.0 Å². The van der Waals surface area contributed by atoms with Crippen LogP contribution in [0.25, 0.3) is 0 Å². The third kappa shape index (κ3) is 3.11. The number of ether oxygens (including phenoxy) is 1. The van der Waals surface area contributed by atoms with E-state index in [1.807, 2.05) is 19.1 Å². The number of rotatable bonds is 3. The molecule has 4 heteroatoms. The summed E-state index contributed by atoms with van der Waals surface area (Å²) in [5, 5.41) is 15.1. The Morgan fingerprint density at radius 2 is 2.00 bits per heavy atom. The van der Waals surface area contributed by atoms with Crippen molar-refractivity contribution in [2.45, 2.75) is 64.8 Å². The van der Waals surface area contributed by atoms with Gasteiger partial charge in [0, 0.05) is 16.1 Å². The predicted molar refractivity (Wildman–Crippen MR) is 86.7 cm³/mol. The van der Waals surface area contributed by atoms with Gasteiger partial charge < -0.3 is 15.2 Å². The lowest BCUT2D eigenvalue weighted by Gasteiger charge is -2.46. The summed E-state index contributed by atoms with van der Waals surface area (Å²) in [5.41, 5.74) is 2.92. The van der Waals surface area contributed by atoms with Crippen molar-refractivity contribution in [2.75, 3.05) is 6.61 Å². The van der Waals surface area contributed by atoms with Gasteiger partial charge in [0.25, 0.3) is 0 Å². The van der Waals surface area contributed by atoms with Crippen molar-refractivity contribution in [1.82, 2.24) is 5.32 Å². The fourth-order valence-electron chi connectivity index (χ4n) is 3.09. The zero-order chi connectivity index (χ0) is 15.8. The molecule has 118 valence electrons. The van der Waals surface area contributed by atoms with E-state index in [9.17, 15) is 5.11 Å². The maximum atomic E-state index is 11.0. The van der Waals surface area contributed by atoms with Crippen molar-refractivity contribution in [1.29, 1.82) is 0 Å². The number of morpholine rings is 1. The molecule has 1 aliphatic rings. The molecule has 21 heavy (non-hydrogen) atoms. The molecule has 2 unspecified atom stereocenters. The average Bonchev–Trinajstić information content (AvgIpc) is 2.42. The Hall–Kier alpha value is -0.610. The Labute approximate surface area is 132 Å². The number of benzene rings is 1. The molecular weight excluding hydrogens is 286 g/mol. The number of nitrogens with one attached hydrogen (secondary N) is 1. The van der Waals surface area contributed by atoms with Gasteiger partial charge in [-0.3, -0.25) is 0 Å². The smallest absolute Gasteiger partial charge is 0.208 e. The molecule has 0 aliphatic carbocycles. The second-order valence-corrected chi connectivity index (χ2v) is 6.95. The first kappa shape index (κ1) is 16.8. The Bertz CT molecular complexity index is 530. The normalized spacial score (nSPS) is 28.6. The third-order valence-corrected chi connectivity index (χ3v) is 4.62. The molecular formula is C17H26ClNO2. The van der Waals surface area contributed by atoms with Gasteiger partial charge in [0.15, 0.2) is 0 Å². The molecule has 0 aromatic heterocycles. The summed E-state index contributed by atoms with van der Waals surface area (Å²) in [4.78, 5) is 0. The molecule has 1 heterocycles. The van der Waals surface area contributed by atoms with Crippen LogP contribution in [0.4, 0.5) is 0 Å². The highest BCUT2D eigenvalue weighted by atomic mass is 35.5. The number of aryl methyl sites for hydroxylation is 1. The SMILES string of the molecule is CCc1cc(C2(O)OCC(C)(C)NC2C)cc(Cl)c1CC. The lowest BCUT2D eigenvalue weighted by Crippen LogP contribution is -2.63. The molecule has 1 saturated heterocycles. The summed E-state index contributed by atoms with van der Waals surface area (Å²) in [5.74, 6) is -1.34. The van der Waals surface area contributed by atoms with Gasteiger partial charge in [-0.2, -0.15) is 0 Å². The van der Waals surface area contributed by atoms with Crippen LogP contribution in [0.1, 0.15) is 51.3 Å². The summed E-state index contributed by atoms with van der Waals surface area (Å²) < 4.78 is 5.84. The van der Waals surface area contributed by atoms with E-state index < -0.39 is 5.79 Å². The number of halogens is 1. The van der Waals surface area contributed by atoms with E-state index in [-0.39, 0.29) is 11.6 Å². The van der Waals surface area contributed by atoms with Gasteiger partial charge in [-0.25, -0.2) is 0 Å². The first-order valence-electron chi connectivity index (χ1n) is 7.69. The molecule has 0 spiro atoms. The Morgan fingerprint density at radius 3 is 2.52 bits per heavy atom. The minimum atomic E-state index is -1.34. The van der Waals surface area contributed by atoms with Crippen molar-refractivity contribution in [2.24, 2.45) is 0 Å². The van der Waals surface area contributed by atoms with Gasteiger partial charge in [-0.15, -0.1) is 0 Å². The van der Waals surface area contributed by atoms with Crippen molar-refractivity contribution >= 4 is 11.6 Å². The van der Waals surface area contributed by atoms with Crippen LogP contribution in [-0.2, 0) is 23.4 Å². The quantitative estimate of drug-likeness (QED) is 0.899. The zero-order valence-electron chi connectivity index (χ0n) is 13.6. The van der Waals surface area contributed by atoms with Gasteiger partial charge in [0.05, 0.1) is 12.6 Å². The Morgan fingerprint density at radius 1 is 1.33 bits per heavy atom. The van der Waals surface area contributed by atoms with Crippen LogP contribution in [-0.4, -0.2) is 23.3 Å². The minimum Gasteiger partial charge on any atom is -0.361 e. The fraction of sp³-hybridized carbons (Fsp3) is 0.647. The molecule has 3 nitrogen and oxygen atoms in total. The molecule has 1 fully saturated rings. The van der Waals surface area contributed by atoms with E-state index in [4.69, 9.17) is 16.3 Å². The van der Waals surface area contributed by atoms with Crippen molar-refractivity contribution in [3.05, 3.63) is 33.8 Å². The maximum absolute atomic E-state index is 11.0. The second-order valence-electron chi connectivity index (χ2n) is 6.54. The fourth-order valence-corrected chi connectivity index (χ4v) is 3.46. The summed E-state index contributed by atoms with van der Waals surface area (Å²) >= 11 is 6.41. The van der Waals surface area contributed by atoms with Gasteiger partial charge >= 0.3 is 0 Å². The van der Waals surface area contributed by atoms with Gasteiger partial charge in [-0.1, -0.05) is 31.5 Å². The predicted octanol–water partition coefficient (Wildman–Crippen LogP) is 3.40. The van der Waals surface area contributed by atoms with Crippen LogP contribution < -0.4 is 5.32 Å².